The molecule has 188 valence electrons. The summed E-state index contributed by atoms with van der Waals surface area (Å²) in [5.74, 6) is 1.44. The molecule has 36 heavy (non-hydrogen) atoms. The number of aryl methyl sites for hydroxylation is 1. The molecule has 0 saturated carbocycles. The third kappa shape index (κ3) is 5.36. The van der Waals surface area contributed by atoms with Crippen LogP contribution in [-0.2, 0) is 20.6 Å². The van der Waals surface area contributed by atoms with Gasteiger partial charge in [0.25, 0.3) is 0 Å². The number of aromatic nitrogens is 2. The van der Waals surface area contributed by atoms with Gasteiger partial charge in [-0.15, -0.1) is 0 Å². The Morgan fingerprint density at radius 1 is 1.25 bits per heavy atom. The van der Waals surface area contributed by atoms with Crippen LogP contribution in [0.4, 0.5) is 4.79 Å². The van der Waals surface area contributed by atoms with Gasteiger partial charge in [0.1, 0.15) is 12.4 Å². The number of rotatable bonds is 9. The summed E-state index contributed by atoms with van der Waals surface area (Å²) in [6.07, 6.45) is 13.4. The van der Waals surface area contributed by atoms with Gasteiger partial charge in [0.05, 0.1) is 30.8 Å². The van der Waals surface area contributed by atoms with Crippen molar-refractivity contribution in [1.29, 1.82) is 0 Å². The quantitative estimate of drug-likeness (QED) is 0.547. The molecule has 9 nitrogen and oxygen atoms in total. The summed E-state index contributed by atoms with van der Waals surface area (Å²) in [5, 5.41) is 10.6. The second-order valence-corrected chi connectivity index (χ2v) is 8.91. The number of hydrogen-bond donors (Lipinski definition) is 1. The average molecular weight is 492 g/mol. The van der Waals surface area contributed by atoms with Crippen molar-refractivity contribution in [2.45, 2.75) is 50.7 Å². The lowest BCUT2D eigenvalue weighted by atomic mass is 10.0. The number of amides is 1. The number of fused-ring (bicyclic) bond motifs is 1. The lowest BCUT2D eigenvalue weighted by molar-refractivity contribution is 0.102. The highest BCUT2D eigenvalue weighted by atomic mass is 16.6. The second kappa shape index (κ2) is 10.8. The molecule has 1 aliphatic carbocycles. The van der Waals surface area contributed by atoms with E-state index in [1.54, 1.807) is 25.6 Å². The van der Waals surface area contributed by atoms with Crippen LogP contribution in [0.3, 0.4) is 0 Å². The van der Waals surface area contributed by atoms with E-state index in [0.29, 0.717) is 49.8 Å². The fourth-order valence-corrected chi connectivity index (χ4v) is 4.46. The van der Waals surface area contributed by atoms with Gasteiger partial charge < -0.3 is 24.1 Å². The van der Waals surface area contributed by atoms with Gasteiger partial charge >= 0.3 is 6.09 Å². The summed E-state index contributed by atoms with van der Waals surface area (Å²) in [6.45, 7) is 0.339. The molecule has 2 atom stereocenters. The van der Waals surface area contributed by atoms with Crippen LogP contribution in [0.2, 0.25) is 0 Å². The molecule has 0 unspecified atom stereocenters. The van der Waals surface area contributed by atoms with Gasteiger partial charge in [0.2, 0.25) is 11.8 Å². The van der Waals surface area contributed by atoms with Crippen molar-refractivity contribution in [3.05, 3.63) is 77.9 Å². The first-order valence-corrected chi connectivity index (χ1v) is 12.2. The van der Waals surface area contributed by atoms with Crippen LogP contribution in [0.25, 0.3) is 11.0 Å². The SMILES string of the molecule is COc1ccc2nccc(CC[C@H](O)CC[C@@H]3CN(C4=COC=C(C5=CC=CCC5)O4)C(=O)O3)c2n1. The minimum atomic E-state index is -0.541. The van der Waals surface area contributed by atoms with Gasteiger partial charge in [-0.25, -0.2) is 14.7 Å². The molecule has 0 spiro atoms. The van der Waals surface area contributed by atoms with Crippen molar-refractivity contribution in [3.63, 3.8) is 0 Å². The van der Waals surface area contributed by atoms with E-state index < -0.39 is 12.2 Å². The smallest absolute Gasteiger partial charge is 0.417 e. The molecule has 0 radical (unpaired) electrons. The molecule has 1 fully saturated rings. The highest BCUT2D eigenvalue weighted by Gasteiger charge is 2.36. The maximum atomic E-state index is 12.5. The molecule has 1 N–H and O–H groups in total. The van der Waals surface area contributed by atoms with Crippen LogP contribution in [0.5, 0.6) is 5.88 Å². The Morgan fingerprint density at radius 2 is 2.17 bits per heavy atom. The topological polar surface area (TPSA) is 103 Å². The lowest BCUT2D eigenvalue weighted by Crippen LogP contribution is -2.27. The predicted molar refractivity (Wildman–Crippen MR) is 131 cm³/mol. The summed E-state index contributed by atoms with van der Waals surface area (Å²) in [4.78, 5) is 22.8. The van der Waals surface area contributed by atoms with E-state index in [1.165, 1.54) is 11.2 Å². The summed E-state index contributed by atoms with van der Waals surface area (Å²) >= 11 is 0. The van der Waals surface area contributed by atoms with Gasteiger partial charge in [-0.05, 0) is 61.8 Å². The molecular weight excluding hydrogens is 462 g/mol. The first-order chi connectivity index (χ1) is 17.6. The summed E-state index contributed by atoms with van der Waals surface area (Å²) in [5.41, 5.74) is 3.59. The van der Waals surface area contributed by atoms with Crippen molar-refractivity contribution >= 4 is 17.1 Å². The van der Waals surface area contributed by atoms with E-state index in [-0.39, 0.29) is 6.10 Å². The van der Waals surface area contributed by atoms with Gasteiger partial charge in [0, 0.05) is 12.3 Å². The number of methoxy groups -OCH3 is 1. The molecule has 4 heterocycles. The zero-order valence-electron chi connectivity index (χ0n) is 20.1. The molecule has 0 bridgehead atoms. The van der Waals surface area contributed by atoms with E-state index in [0.717, 1.165) is 35.0 Å². The van der Waals surface area contributed by atoms with E-state index in [2.05, 4.69) is 16.0 Å². The Kier molecular flexibility index (Phi) is 7.18. The first-order valence-electron chi connectivity index (χ1n) is 12.2. The number of aliphatic hydroxyl groups excluding tert-OH is 1. The minimum absolute atomic E-state index is 0.309. The normalized spacial score (nSPS) is 20.2. The second-order valence-electron chi connectivity index (χ2n) is 8.91. The zero-order chi connectivity index (χ0) is 24.9. The van der Waals surface area contributed by atoms with Crippen LogP contribution in [0.15, 0.2) is 72.4 Å². The monoisotopic (exact) mass is 491 g/mol. The number of allylic oxidation sites excluding steroid dienone is 4. The number of ether oxygens (including phenoxy) is 4. The Labute approximate surface area is 209 Å². The lowest BCUT2D eigenvalue weighted by Gasteiger charge is -2.23. The van der Waals surface area contributed by atoms with Gasteiger partial charge in [-0.2, -0.15) is 0 Å². The van der Waals surface area contributed by atoms with E-state index in [9.17, 15) is 9.90 Å². The molecule has 1 saturated heterocycles. The first kappa shape index (κ1) is 23.9. The summed E-state index contributed by atoms with van der Waals surface area (Å²) in [7, 11) is 1.58. The van der Waals surface area contributed by atoms with Crippen LogP contribution < -0.4 is 4.74 Å². The minimum Gasteiger partial charge on any atom is -0.481 e. The van der Waals surface area contributed by atoms with Crippen molar-refractivity contribution in [2.75, 3.05) is 13.7 Å². The van der Waals surface area contributed by atoms with E-state index in [1.807, 2.05) is 24.3 Å². The molecule has 2 aromatic rings. The fourth-order valence-electron chi connectivity index (χ4n) is 4.46. The number of cyclic esters (lactones) is 1. The number of hydrogen-bond acceptors (Lipinski definition) is 8. The molecular formula is C27H29N3O6. The highest BCUT2D eigenvalue weighted by molar-refractivity contribution is 5.78. The zero-order valence-corrected chi connectivity index (χ0v) is 20.1. The van der Waals surface area contributed by atoms with E-state index >= 15 is 0 Å². The Morgan fingerprint density at radius 3 is 3.00 bits per heavy atom. The highest BCUT2D eigenvalue weighted by Crippen LogP contribution is 2.30. The number of aliphatic hydroxyl groups is 1. The fraction of sp³-hybridized carbons (Fsp3) is 0.370. The Balaban J connectivity index is 1.12. The number of carbonyl (C=O) groups is 1. The predicted octanol–water partition coefficient (Wildman–Crippen LogP) is 4.50. The van der Waals surface area contributed by atoms with Gasteiger partial charge in [-0.3, -0.25) is 4.98 Å². The maximum Gasteiger partial charge on any atom is 0.417 e. The summed E-state index contributed by atoms with van der Waals surface area (Å²) in [6, 6.07) is 5.57. The van der Waals surface area contributed by atoms with Crippen LogP contribution >= 0.6 is 0 Å². The standard InChI is InChI=1S/C27H29N3O6/c1-33-24-12-11-22-26(29-24)19(13-14-28-22)7-8-20(31)9-10-21-15-30(27(32)35-21)25-17-34-16-23(36-25)18-5-3-2-4-6-18/h2-3,5,11-14,16-17,20-21,31H,4,6-10,15H2,1H3/t20-,21+/m0/s1. The third-order valence-electron chi connectivity index (χ3n) is 6.45. The molecule has 3 aliphatic rings. The van der Waals surface area contributed by atoms with Crippen molar-refractivity contribution in [2.24, 2.45) is 0 Å². The van der Waals surface area contributed by atoms with Crippen molar-refractivity contribution in [1.82, 2.24) is 14.9 Å². The largest absolute Gasteiger partial charge is 0.481 e. The van der Waals surface area contributed by atoms with Gasteiger partial charge in [0.15, 0.2) is 12.0 Å². The third-order valence-corrected chi connectivity index (χ3v) is 6.45. The average Bonchev–Trinajstić information content (AvgIpc) is 3.31. The maximum absolute atomic E-state index is 12.5. The summed E-state index contributed by atoms with van der Waals surface area (Å²) < 4.78 is 22.1. The van der Waals surface area contributed by atoms with E-state index in [4.69, 9.17) is 18.9 Å². The molecule has 9 heteroatoms. The van der Waals surface area contributed by atoms with Crippen molar-refractivity contribution < 1.29 is 28.8 Å². The molecule has 2 aliphatic heterocycles. The molecule has 2 aromatic heterocycles. The number of carbonyl (C=O) groups excluding carboxylic acids is 1. The molecule has 5 rings (SSSR count). The van der Waals surface area contributed by atoms with Gasteiger partial charge in [-0.1, -0.05) is 18.2 Å². The van der Waals surface area contributed by atoms with Crippen molar-refractivity contribution in [3.8, 4) is 5.88 Å². The molecule has 1 amide bonds. The van der Waals surface area contributed by atoms with Crippen LogP contribution in [0, 0.1) is 0 Å². The number of pyridine rings is 2. The molecule has 0 aromatic carbocycles. The Bertz CT molecular complexity index is 1250. The van der Waals surface area contributed by atoms with Crippen LogP contribution in [-0.4, -0.2) is 51.9 Å². The Hall–Kier alpha value is -3.85. The number of nitrogens with zero attached hydrogens (tertiary/aromatic N) is 3. The van der Waals surface area contributed by atoms with Crippen LogP contribution in [0.1, 0.15) is 37.7 Å².